The van der Waals surface area contributed by atoms with Gasteiger partial charge >= 0.3 is 7.82 Å². The molecule has 0 aliphatic carbocycles. The van der Waals surface area contributed by atoms with Gasteiger partial charge in [0.1, 0.15) is 10.3 Å². The van der Waals surface area contributed by atoms with E-state index in [4.69, 9.17) is 36.8 Å². The van der Waals surface area contributed by atoms with Gasteiger partial charge in [-0.1, -0.05) is 23.2 Å². The fourth-order valence-corrected chi connectivity index (χ4v) is 2.03. The van der Waals surface area contributed by atoms with Crippen molar-refractivity contribution >= 4 is 31.0 Å². The summed E-state index contributed by atoms with van der Waals surface area (Å²) in [6.07, 6.45) is 0. The summed E-state index contributed by atoms with van der Waals surface area (Å²) in [6.45, 7) is 5.25. The van der Waals surface area contributed by atoms with Gasteiger partial charge in [0, 0.05) is 0 Å². The summed E-state index contributed by atoms with van der Waals surface area (Å²) >= 11 is 10.8. The van der Waals surface area contributed by atoms with Crippen molar-refractivity contribution in [3.63, 3.8) is 0 Å². The highest BCUT2D eigenvalue weighted by Gasteiger charge is 2.27. The molecule has 0 amide bonds. The standard InChI is InChI=1S/C7H13Cl2O4P/c1-4-11-14(10,12-5-2)13-6(3)7(8)9/h4-5H2,1-3H3. The number of hydrogen-bond acceptors (Lipinski definition) is 4. The zero-order chi connectivity index (χ0) is 11.2. The minimum Gasteiger partial charge on any atom is -0.406 e. The molecule has 0 aromatic carbocycles. The Morgan fingerprint density at radius 3 is 1.93 bits per heavy atom. The Kier molecular flexibility index (Phi) is 6.83. The lowest BCUT2D eigenvalue weighted by Crippen LogP contribution is -1.99. The number of phosphoric ester groups is 1. The van der Waals surface area contributed by atoms with E-state index in [-0.39, 0.29) is 23.5 Å². The van der Waals surface area contributed by atoms with Crippen molar-refractivity contribution in [2.45, 2.75) is 20.8 Å². The molecule has 4 nitrogen and oxygen atoms in total. The highest BCUT2D eigenvalue weighted by Crippen LogP contribution is 2.51. The highest BCUT2D eigenvalue weighted by atomic mass is 35.5. The van der Waals surface area contributed by atoms with Crippen molar-refractivity contribution in [1.82, 2.24) is 0 Å². The molecule has 0 aliphatic rings. The molecule has 0 radical (unpaired) electrons. The molecule has 0 fully saturated rings. The SMILES string of the molecule is CCOP(=O)(OCC)OC(C)=C(Cl)Cl. The normalized spacial score (nSPS) is 11.2. The average molecular weight is 263 g/mol. The summed E-state index contributed by atoms with van der Waals surface area (Å²) in [4.78, 5) is 0. The molecule has 0 bridgehead atoms. The van der Waals surface area contributed by atoms with E-state index in [1.54, 1.807) is 13.8 Å². The number of allylic oxidation sites excluding steroid dienone is 1. The molecule has 0 aromatic heterocycles. The van der Waals surface area contributed by atoms with Gasteiger partial charge in [-0.05, 0) is 20.8 Å². The molecular formula is C7H13Cl2O4P. The van der Waals surface area contributed by atoms with Crippen LogP contribution in [0.3, 0.4) is 0 Å². The molecule has 0 atom stereocenters. The Morgan fingerprint density at radius 1 is 1.21 bits per heavy atom. The van der Waals surface area contributed by atoms with E-state index in [0.717, 1.165) is 0 Å². The molecule has 0 aliphatic heterocycles. The summed E-state index contributed by atoms with van der Waals surface area (Å²) < 4.78 is 26.2. The molecule has 0 unspecified atom stereocenters. The molecule has 0 heterocycles. The van der Waals surface area contributed by atoms with Crippen molar-refractivity contribution in [3.05, 3.63) is 10.3 Å². The van der Waals surface area contributed by atoms with E-state index in [0.29, 0.717) is 0 Å². The van der Waals surface area contributed by atoms with Crippen LogP contribution in [-0.4, -0.2) is 13.2 Å². The first kappa shape index (κ1) is 14.3. The molecule has 7 heteroatoms. The Balaban J connectivity index is 4.52. The quantitative estimate of drug-likeness (QED) is 0.539. The van der Waals surface area contributed by atoms with Crippen LogP contribution >= 0.6 is 31.0 Å². The zero-order valence-electron chi connectivity index (χ0n) is 8.25. The van der Waals surface area contributed by atoms with Gasteiger partial charge < -0.3 is 4.52 Å². The Labute approximate surface area is 93.7 Å². The summed E-state index contributed by atoms with van der Waals surface area (Å²) in [5, 5.41) is 0. The summed E-state index contributed by atoms with van der Waals surface area (Å²) in [5.74, 6) is 0.110. The van der Waals surface area contributed by atoms with Gasteiger partial charge in [0.05, 0.1) is 13.2 Å². The molecule has 0 rings (SSSR count). The lowest BCUT2D eigenvalue weighted by atomic mass is 10.7. The monoisotopic (exact) mass is 262 g/mol. The maximum Gasteiger partial charge on any atom is 0.529 e. The smallest absolute Gasteiger partial charge is 0.406 e. The van der Waals surface area contributed by atoms with Gasteiger partial charge in [-0.2, -0.15) is 0 Å². The van der Waals surface area contributed by atoms with Gasteiger partial charge in [-0.3, -0.25) is 9.05 Å². The fourth-order valence-electron chi connectivity index (χ4n) is 0.608. The third-order valence-electron chi connectivity index (χ3n) is 1.09. The van der Waals surface area contributed by atoms with Crippen molar-refractivity contribution in [2.24, 2.45) is 0 Å². The highest BCUT2D eigenvalue weighted by molar-refractivity contribution is 7.48. The van der Waals surface area contributed by atoms with E-state index in [9.17, 15) is 4.57 Å². The lowest BCUT2D eigenvalue weighted by Gasteiger charge is -2.17. The Bertz CT molecular complexity index is 240. The third-order valence-corrected chi connectivity index (χ3v) is 3.27. The molecule has 0 saturated heterocycles. The summed E-state index contributed by atoms with van der Waals surface area (Å²) in [6, 6.07) is 0. The van der Waals surface area contributed by atoms with Crippen LogP contribution < -0.4 is 0 Å². The molecule has 0 spiro atoms. The second-order valence-electron chi connectivity index (χ2n) is 2.19. The molecule has 0 saturated carbocycles. The third kappa shape index (κ3) is 5.23. The largest absolute Gasteiger partial charge is 0.529 e. The van der Waals surface area contributed by atoms with Crippen LogP contribution in [0.5, 0.6) is 0 Å². The Hall–Kier alpha value is 0.270. The van der Waals surface area contributed by atoms with Gasteiger partial charge in [-0.15, -0.1) is 0 Å². The number of phosphoric acid groups is 1. The van der Waals surface area contributed by atoms with Crippen molar-refractivity contribution < 1.29 is 18.1 Å². The zero-order valence-corrected chi connectivity index (χ0v) is 10.7. The maximum absolute atomic E-state index is 11.7. The van der Waals surface area contributed by atoms with Crippen LogP contribution in [0.15, 0.2) is 10.3 Å². The summed E-state index contributed by atoms with van der Waals surface area (Å²) in [5.41, 5.74) is 0. The van der Waals surface area contributed by atoms with Crippen LogP contribution in [0.2, 0.25) is 0 Å². The van der Waals surface area contributed by atoms with Gasteiger partial charge in [0.15, 0.2) is 0 Å². The van der Waals surface area contributed by atoms with Gasteiger partial charge in [-0.25, -0.2) is 4.57 Å². The van der Waals surface area contributed by atoms with Crippen molar-refractivity contribution in [2.75, 3.05) is 13.2 Å². The Morgan fingerprint density at radius 2 is 1.64 bits per heavy atom. The number of hydrogen-bond donors (Lipinski definition) is 0. The number of halogens is 2. The first-order chi connectivity index (χ1) is 6.45. The van der Waals surface area contributed by atoms with Crippen molar-refractivity contribution in [3.8, 4) is 0 Å². The maximum atomic E-state index is 11.7. The average Bonchev–Trinajstić information content (AvgIpc) is 2.04. The topological polar surface area (TPSA) is 44.8 Å². The van der Waals surface area contributed by atoms with E-state index >= 15 is 0 Å². The van der Waals surface area contributed by atoms with Crippen molar-refractivity contribution in [1.29, 1.82) is 0 Å². The first-order valence-electron chi connectivity index (χ1n) is 4.05. The van der Waals surface area contributed by atoms with E-state index in [1.165, 1.54) is 6.92 Å². The molecule has 84 valence electrons. The van der Waals surface area contributed by atoms with Crippen LogP contribution in [0, 0.1) is 0 Å². The van der Waals surface area contributed by atoms with Crippen LogP contribution in [0.1, 0.15) is 20.8 Å². The molecular weight excluding hydrogens is 250 g/mol. The van der Waals surface area contributed by atoms with Crippen LogP contribution in [0.4, 0.5) is 0 Å². The fraction of sp³-hybridized carbons (Fsp3) is 0.714. The molecule has 0 aromatic rings. The van der Waals surface area contributed by atoms with E-state index in [2.05, 4.69) is 0 Å². The predicted octanol–water partition coefficient (Wildman–Crippen LogP) is 3.85. The minimum atomic E-state index is -3.56. The molecule has 14 heavy (non-hydrogen) atoms. The minimum absolute atomic E-state index is 0.107. The van der Waals surface area contributed by atoms with E-state index in [1.807, 2.05) is 0 Å². The second kappa shape index (κ2) is 6.70. The second-order valence-corrected chi connectivity index (χ2v) is 4.73. The van der Waals surface area contributed by atoms with Gasteiger partial charge in [0.25, 0.3) is 0 Å². The molecule has 0 N–H and O–H groups in total. The number of rotatable bonds is 6. The van der Waals surface area contributed by atoms with Crippen LogP contribution in [0.25, 0.3) is 0 Å². The van der Waals surface area contributed by atoms with Gasteiger partial charge in [0.2, 0.25) is 0 Å². The first-order valence-corrected chi connectivity index (χ1v) is 6.27. The van der Waals surface area contributed by atoms with E-state index < -0.39 is 7.82 Å². The van der Waals surface area contributed by atoms with Crippen LogP contribution in [-0.2, 0) is 18.1 Å². The lowest BCUT2D eigenvalue weighted by molar-refractivity contribution is 0.146. The predicted molar refractivity (Wildman–Crippen MR) is 56.3 cm³/mol. The summed E-state index contributed by atoms with van der Waals surface area (Å²) in [7, 11) is -3.56.